The van der Waals surface area contributed by atoms with Crippen LogP contribution in [0.5, 0.6) is 0 Å². The van der Waals surface area contributed by atoms with Crippen molar-refractivity contribution in [1.29, 1.82) is 0 Å². The lowest BCUT2D eigenvalue weighted by Crippen LogP contribution is -2.41. The number of ether oxygens (including phenoxy) is 1. The molecule has 0 atom stereocenters. The minimum atomic E-state index is 0. The monoisotopic (exact) mass is 406 g/mol. The molecule has 0 bridgehead atoms. The van der Waals surface area contributed by atoms with Crippen LogP contribution in [-0.2, 0) is 9.53 Å². The highest BCUT2D eigenvalue weighted by Crippen LogP contribution is 2.22. The molecule has 1 aromatic rings. The molecule has 0 saturated carbocycles. The number of halogens is 2. The molecule has 1 saturated heterocycles. The molecular weight excluding hydrogens is 379 g/mol. The highest BCUT2D eigenvalue weighted by Gasteiger charge is 2.22. The highest BCUT2D eigenvalue weighted by molar-refractivity contribution is 7.99. The zero-order valence-corrected chi connectivity index (χ0v) is 16.9. The second-order valence-electron chi connectivity index (χ2n) is 6.00. The minimum Gasteiger partial charge on any atom is -0.378 e. The first-order chi connectivity index (χ1) is 11.7. The predicted octanol–water partition coefficient (Wildman–Crippen LogP) is 3.99. The van der Waals surface area contributed by atoms with Gasteiger partial charge in [-0.25, -0.2) is 0 Å². The highest BCUT2D eigenvalue weighted by atomic mass is 35.5. The molecule has 1 heterocycles. The Labute approximate surface area is 166 Å². The molecule has 0 aliphatic carbocycles. The minimum absolute atomic E-state index is 0. The summed E-state index contributed by atoms with van der Waals surface area (Å²) in [5, 5.41) is 0.755. The Bertz CT molecular complexity index is 494. The van der Waals surface area contributed by atoms with E-state index in [-0.39, 0.29) is 18.3 Å². The van der Waals surface area contributed by atoms with Gasteiger partial charge in [0.15, 0.2) is 0 Å². The van der Waals surface area contributed by atoms with E-state index in [4.69, 9.17) is 22.1 Å². The van der Waals surface area contributed by atoms with E-state index in [1.165, 1.54) is 4.90 Å². The summed E-state index contributed by atoms with van der Waals surface area (Å²) in [5.41, 5.74) is 5.47. The van der Waals surface area contributed by atoms with Gasteiger partial charge in [0.25, 0.3) is 0 Å². The number of carbonyl (C=O) groups excluding carboxylic acids is 1. The Morgan fingerprint density at radius 2 is 1.92 bits per heavy atom. The van der Waals surface area contributed by atoms with Crippen LogP contribution < -0.4 is 5.73 Å². The molecule has 7 heteroatoms. The Kier molecular flexibility index (Phi) is 11.6. The van der Waals surface area contributed by atoms with Crippen molar-refractivity contribution in [1.82, 2.24) is 4.90 Å². The first-order valence-corrected chi connectivity index (χ1v) is 10.0. The molecule has 4 nitrogen and oxygen atoms in total. The van der Waals surface area contributed by atoms with Gasteiger partial charge in [-0.1, -0.05) is 11.6 Å². The largest absolute Gasteiger partial charge is 0.378 e. The van der Waals surface area contributed by atoms with Crippen molar-refractivity contribution in [3.05, 3.63) is 29.3 Å². The lowest BCUT2D eigenvalue weighted by atomic mass is 10.1. The van der Waals surface area contributed by atoms with Crippen molar-refractivity contribution in [2.45, 2.75) is 43.1 Å². The number of piperidine rings is 1. The third kappa shape index (κ3) is 8.65. The molecule has 142 valence electrons. The standard InChI is InChI=1S/C18H27ClN2O2S.ClH/c19-15-4-6-17(7-5-15)24-14-1-3-18(22)21-11-8-16(9-12-21)23-13-2-10-20;/h4-7,16H,1-3,8-14,20H2;1H. The lowest BCUT2D eigenvalue weighted by molar-refractivity contribution is -0.133. The Hall–Kier alpha value is -0.460. The van der Waals surface area contributed by atoms with Crippen molar-refractivity contribution in [3.63, 3.8) is 0 Å². The molecule has 25 heavy (non-hydrogen) atoms. The van der Waals surface area contributed by atoms with Gasteiger partial charge in [-0.2, -0.15) is 0 Å². The van der Waals surface area contributed by atoms with E-state index in [1.807, 2.05) is 29.2 Å². The molecule has 1 amide bonds. The average Bonchev–Trinajstić information content (AvgIpc) is 2.61. The van der Waals surface area contributed by atoms with Crippen LogP contribution in [0.1, 0.15) is 32.1 Å². The summed E-state index contributed by atoms with van der Waals surface area (Å²) in [6, 6.07) is 7.83. The van der Waals surface area contributed by atoms with Gasteiger partial charge in [0.1, 0.15) is 0 Å². The number of hydrogen-bond acceptors (Lipinski definition) is 4. The van der Waals surface area contributed by atoms with E-state index in [0.29, 0.717) is 19.1 Å². The summed E-state index contributed by atoms with van der Waals surface area (Å²) in [4.78, 5) is 15.4. The number of rotatable bonds is 9. The number of benzene rings is 1. The van der Waals surface area contributed by atoms with Gasteiger partial charge in [-0.3, -0.25) is 4.79 Å². The van der Waals surface area contributed by atoms with Crippen molar-refractivity contribution in [2.24, 2.45) is 5.73 Å². The van der Waals surface area contributed by atoms with Gasteiger partial charge < -0.3 is 15.4 Å². The van der Waals surface area contributed by atoms with Gasteiger partial charge in [-0.15, -0.1) is 24.2 Å². The Morgan fingerprint density at radius 3 is 2.56 bits per heavy atom. The summed E-state index contributed by atoms with van der Waals surface area (Å²) in [7, 11) is 0. The molecule has 0 spiro atoms. The second kappa shape index (κ2) is 12.8. The number of hydrogen-bond donors (Lipinski definition) is 1. The Balaban J connectivity index is 0.00000312. The topological polar surface area (TPSA) is 55.6 Å². The number of carbonyl (C=O) groups is 1. The van der Waals surface area contributed by atoms with Crippen LogP contribution in [0.2, 0.25) is 5.02 Å². The molecule has 2 N–H and O–H groups in total. The summed E-state index contributed by atoms with van der Waals surface area (Å²) < 4.78 is 5.78. The van der Waals surface area contributed by atoms with Crippen LogP contribution in [0.15, 0.2) is 29.2 Å². The van der Waals surface area contributed by atoms with Crippen LogP contribution in [-0.4, -0.2) is 48.9 Å². The normalized spacial score (nSPS) is 15.0. The molecule has 1 aliphatic heterocycles. The Morgan fingerprint density at radius 1 is 1.24 bits per heavy atom. The first-order valence-electron chi connectivity index (χ1n) is 8.67. The third-order valence-electron chi connectivity index (χ3n) is 4.11. The van der Waals surface area contributed by atoms with Gasteiger partial charge in [0.2, 0.25) is 5.91 Å². The van der Waals surface area contributed by atoms with Gasteiger partial charge in [0.05, 0.1) is 6.10 Å². The van der Waals surface area contributed by atoms with Crippen molar-refractivity contribution < 1.29 is 9.53 Å². The zero-order valence-electron chi connectivity index (χ0n) is 14.5. The van der Waals surface area contributed by atoms with Crippen LogP contribution in [0.3, 0.4) is 0 Å². The number of likely N-dealkylation sites (tertiary alicyclic amines) is 1. The summed E-state index contributed by atoms with van der Waals surface area (Å²) in [6.45, 7) is 3.04. The molecule has 2 rings (SSSR count). The number of thioether (sulfide) groups is 1. The molecule has 1 aromatic carbocycles. The lowest BCUT2D eigenvalue weighted by Gasteiger charge is -2.32. The van der Waals surface area contributed by atoms with Gasteiger partial charge >= 0.3 is 0 Å². The van der Waals surface area contributed by atoms with Crippen molar-refractivity contribution >= 4 is 41.7 Å². The molecule has 0 aromatic heterocycles. The average molecular weight is 407 g/mol. The van der Waals surface area contributed by atoms with Gasteiger partial charge in [0, 0.05) is 36.0 Å². The molecular formula is C18H28Cl2N2O2S. The van der Waals surface area contributed by atoms with E-state index >= 15 is 0 Å². The van der Waals surface area contributed by atoms with Crippen LogP contribution in [0, 0.1) is 0 Å². The van der Waals surface area contributed by atoms with Crippen LogP contribution >= 0.6 is 35.8 Å². The fourth-order valence-corrected chi connectivity index (χ4v) is 3.69. The third-order valence-corrected chi connectivity index (χ3v) is 5.46. The predicted molar refractivity (Wildman–Crippen MR) is 108 cm³/mol. The van der Waals surface area contributed by atoms with E-state index in [0.717, 1.165) is 56.2 Å². The quantitative estimate of drug-likeness (QED) is 0.497. The molecule has 1 fully saturated rings. The van der Waals surface area contributed by atoms with Crippen LogP contribution in [0.4, 0.5) is 0 Å². The summed E-state index contributed by atoms with van der Waals surface area (Å²) in [6.07, 6.45) is 4.61. The number of amides is 1. The maximum atomic E-state index is 12.3. The van der Waals surface area contributed by atoms with Crippen molar-refractivity contribution in [3.8, 4) is 0 Å². The second-order valence-corrected chi connectivity index (χ2v) is 7.60. The van der Waals surface area contributed by atoms with Crippen molar-refractivity contribution in [2.75, 3.05) is 32.0 Å². The van der Waals surface area contributed by atoms with E-state index in [2.05, 4.69) is 0 Å². The number of nitrogens with two attached hydrogens (primary N) is 1. The summed E-state index contributed by atoms with van der Waals surface area (Å²) >= 11 is 7.64. The fraction of sp³-hybridized carbons (Fsp3) is 0.611. The fourth-order valence-electron chi connectivity index (χ4n) is 2.71. The molecule has 0 unspecified atom stereocenters. The summed E-state index contributed by atoms with van der Waals surface area (Å²) in [5.74, 6) is 1.22. The SMILES string of the molecule is Cl.NCCCOC1CCN(C(=O)CCCSc2ccc(Cl)cc2)CC1. The van der Waals surface area contributed by atoms with E-state index < -0.39 is 0 Å². The smallest absolute Gasteiger partial charge is 0.222 e. The zero-order chi connectivity index (χ0) is 17.2. The molecule has 1 aliphatic rings. The maximum Gasteiger partial charge on any atom is 0.222 e. The van der Waals surface area contributed by atoms with E-state index in [1.54, 1.807) is 11.8 Å². The first kappa shape index (κ1) is 22.6. The van der Waals surface area contributed by atoms with Gasteiger partial charge in [-0.05, 0) is 62.2 Å². The van der Waals surface area contributed by atoms with Crippen LogP contribution in [0.25, 0.3) is 0 Å². The molecule has 0 radical (unpaired) electrons. The maximum absolute atomic E-state index is 12.3. The van der Waals surface area contributed by atoms with E-state index in [9.17, 15) is 4.79 Å². The number of nitrogens with zero attached hydrogens (tertiary/aromatic N) is 1.